The second-order valence-corrected chi connectivity index (χ2v) is 8.61. The third kappa shape index (κ3) is 7.04. The van der Waals surface area contributed by atoms with Gasteiger partial charge in [0.15, 0.2) is 0 Å². The molecule has 0 atom stereocenters. The summed E-state index contributed by atoms with van der Waals surface area (Å²) in [7, 11) is 5.14. The summed E-state index contributed by atoms with van der Waals surface area (Å²) in [5.74, 6) is -1.10. The summed E-state index contributed by atoms with van der Waals surface area (Å²) in [4.78, 5) is 38.1. The Hall–Kier alpha value is -4.45. The van der Waals surface area contributed by atoms with E-state index in [-0.39, 0.29) is 30.6 Å². The summed E-state index contributed by atoms with van der Waals surface area (Å²) in [5, 5.41) is 18.6. The number of nitrogens with zero attached hydrogens (tertiary/aromatic N) is 3. The fourth-order valence-electron chi connectivity index (χ4n) is 3.62. The van der Waals surface area contributed by atoms with Gasteiger partial charge in [-0.15, -0.1) is 0 Å². The number of halogens is 1. The molecule has 0 aliphatic carbocycles. The maximum absolute atomic E-state index is 12.9. The quantitative estimate of drug-likeness (QED) is 0.166. The van der Waals surface area contributed by atoms with Gasteiger partial charge in [0.2, 0.25) is 0 Å². The fourth-order valence-corrected chi connectivity index (χ4v) is 3.71. The summed E-state index contributed by atoms with van der Waals surface area (Å²) >= 11 is 5.53. The van der Waals surface area contributed by atoms with Gasteiger partial charge in [-0.25, -0.2) is 0 Å². The average molecular weight is 528 g/mol. The lowest BCUT2D eigenvalue weighted by molar-refractivity contribution is 0.0945. The summed E-state index contributed by atoms with van der Waals surface area (Å²) in [6.45, 7) is 0.768. The summed E-state index contributed by atoms with van der Waals surface area (Å²) in [5.41, 5.74) is 9.47. The Morgan fingerprint density at radius 1 is 0.865 bits per heavy atom. The van der Waals surface area contributed by atoms with Gasteiger partial charge in [0.1, 0.15) is 17.1 Å². The molecule has 0 aromatic carbocycles. The van der Waals surface area contributed by atoms with Crippen LogP contribution in [0.3, 0.4) is 0 Å². The number of nitrogens with two attached hydrogens (primary N) is 1. The van der Waals surface area contributed by atoms with Crippen LogP contribution in [0.25, 0.3) is 0 Å². The number of carbonyl (C=O) groups is 3. The van der Waals surface area contributed by atoms with E-state index in [1.54, 1.807) is 77.7 Å². The molecule has 3 rings (SSSR count). The third-order valence-electron chi connectivity index (χ3n) is 5.42. The Balaban J connectivity index is 1.64. The second-order valence-electron chi connectivity index (χ2n) is 8.36. The summed E-state index contributed by atoms with van der Waals surface area (Å²) in [6.07, 6.45) is 7.04. The van der Waals surface area contributed by atoms with E-state index in [4.69, 9.17) is 22.7 Å². The highest BCUT2D eigenvalue weighted by Crippen LogP contribution is 2.19. The zero-order valence-electron chi connectivity index (χ0n) is 20.8. The first-order valence-corrected chi connectivity index (χ1v) is 11.7. The van der Waals surface area contributed by atoms with Gasteiger partial charge in [0.25, 0.3) is 17.7 Å². The fraction of sp³-hybridized carbons (Fsp3) is 0.250. The smallest absolute Gasteiger partial charge is 0.272 e. The molecule has 0 bridgehead atoms. The molecule has 0 spiro atoms. The second kappa shape index (κ2) is 12.0. The third-order valence-corrected chi connectivity index (χ3v) is 5.60. The standard InChI is InChI=1S/C24H30ClN9O3/c1-32-12-15(28-7-4-6-25)9-19(32)23(36)31-17-11-20(34(3)14-17)24(37)30-16-10-18(33(2)13-16)22(35)29-8-5-21(26)27/h4,6,9-14,28H,5,7-8H2,1-3H3,(H3,26,27)(H,29,35)(H,30,37)(H,31,36)/b6-4+. The molecule has 0 unspecified atom stereocenters. The van der Waals surface area contributed by atoms with Crippen molar-refractivity contribution in [1.29, 1.82) is 5.41 Å². The SMILES string of the molecule is Cn1cc(NC(=O)c2cc(NC(=O)c3cc(NC/C=C/Cl)cn3C)cn2C)cc1C(=O)NCCC(=N)N. The Labute approximate surface area is 219 Å². The predicted molar refractivity (Wildman–Crippen MR) is 144 cm³/mol. The highest BCUT2D eigenvalue weighted by Gasteiger charge is 2.18. The van der Waals surface area contributed by atoms with Crippen molar-refractivity contribution in [2.45, 2.75) is 6.42 Å². The lowest BCUT2D eigenvalue weighted by Gasteiger charge is -2.04. The number of hydrogen-bond donors (Lipinski definition) is 6. The largest absolute Gasteiger partial charge is 0.388 e. The van der Waals surface area contributed by atoms with Gasteiger partial charge in [0, 0.05) is 64.8 Å². The minimum absolute atomic E-state index is 0.0144. The molecular weight excluding hydrogens is 498 g/mol. The molecular formula is C24H30ClN9O3. The molecule has 0 aliphatic heterocycles. The van der Waals surface area contributed by atoms with Crippen LogP contribution in [-0.2, 0) is 21.1 Å². The van der Waals surface area contributed by atoms with Gasteiger partial charge in [-0.2, -0.15) is 0 Å². The van der Waals surface area contributed by atoms with Crippen molar-refractivity contribution in [3.63, 3.8) is 0 Å². The molecule has 0 saturated heterocycles. The molecule has 3 heterocycles. The first kappa shape index (κ1) is 27.1. The van der Waals surface area contributed by atoms with Crippen molar-refractivity contribution in [1.82, 2.24) is 19.0 Å². The number of aromatic nitrogens is 3. The monoisotopic (exact) mass is 527 g/mol. The van der Waals surface area contributed by atoms with Gasteiger partial charge in [-0.05, 0) is 18.2 Å². The minimum Gasteiger partial charge on any atom is -0.388 e. The molecule has 196 valence electrons. The molecule has 0 saturated carbocycles. The maximum Gasteiger partial charge on any atom is 0.272 e. The molecule has 13 heteroatoms. The predicted octanol–water partition coefficient (Wildman–Crippen LogP) is 2.43. The zero-order valence-corrected chi connectivity index (χ0v) is 21.5. The van der Waals surface area contributed by atoms with E-state index < -0.39 is 5.91 Å². The van der Waals surface area contributed by atoms with Crippen molar-refractivity contribution in [3.8, 4) is 0 Å². The molecule has 3 aromatic heterocycles. The van der Waals surface area contributed by atoms with Crippen LogP contribution in [-0.4, -0.2) is 50.3 Å². The number of hydrogen-bond acceptors (Lipinski definition) is 5. The summed E-state index contributed by atoms with van der Waals surface area (Å²) < 4.78 is 4.88. The van der Waals surface area contributed by atoms with E-state index in [2.05, 4.69) is 21.3 Å². The number of anilines is 3. The lowest BCUT2D eigenvalue weighted by Crippen LogP contribution is -2.28. The van der Waals surface area contributed by atoms with Crippen molar-refractivity contribution in [2.75, 3.05) is 29.0 Å². The van der Waals surface area contributed by atoms with Crippen LogP contribution in [0.1, 0.15) is 37.9 Å². The average Bonchev–Trinajstić information content (AvgIpc) is 3.49. The van der Waals surface area contributed by atoms with Crippen LogP contribution in [0.15, 0.2) is 48.4 Å². The normalized spacial score (nSPS) is 10.9. The van der Waals surface area contributed by atoms with E-state index in [1.165, 1.54) is 5.54 Å². The van der Waals surface area contributed by atoms with Crippen LogP contribution in [0.2, 0.25) is 0 Å². The van der Waals surface area contributed by atoms with Crippen LogP contribution in [0.4, 0.5) is 17.1 Å². The first-order chi connectivity index (χ1) is 17.6. The molecule has 37 heavy (non-hydrogen) atoms. The van der Waals surface area contributed by atoms with E-state index in [9.17, 15) is 14.4 Å². The number of amidine groups is 1. The number of aryl methyl sites for hydroxylation is 3. The molecule has 3 aromatic rings. The number of nitrogens with one attached hydrogen (secondary N) is 5. The number of carbonyl (C=O) groups excluding carboxylic acids is 3. The lowest BCUT2D eigenvalue weighted by atomic mass is 10.3. The van der Waals surface area contributed by atoms with Crippen LogP contribution >= 0.6 is 11.6 Å². The Morgan fingerprint density at radius 2 is 1.32 bits per heavy atom. The van der Waals surface area contributed by atoms with Crippen molar-refractivity contribution in [2.24, 2.45) is 26.9 Å². The van der Waals surface area contributed by atoms with Gasteiger partial charge < -0.3 is 40.7 Å². The Morgan fingerprint density at radius 3 is 1.81 bits per heavy atom. The highest BCUT2D eigenvalue weighted by molar-refractivity contribution is 6.25. The molecule has 3 amide bonds. The molecule has 0 aliphatic rings. The minimum atomic E-state index is -0.408. The maximum atomic E-state index is 12.9. The molecule has 0 fully saturated rings. The number of amides is 3. The van der Waals surface area contributed by atoms with E-state index in [0.29, 0.717) is 35.0 Å². The zero-order chi connectivity index (χ0) is 27.1. The van der Waals surface area contributed by atoms with Crippen LogP contribution < -0.4 is 27.0 Å². The van der Waals surface area contributed by atoms with E-state index in [1.807, 2.05) is 0 Å². The van der Waals surface area contributed by atoms with E-state index >= 15 is 0 Å². The van der Waals surface area contributed by atoms with Gasteiger partial charge in [-0.1, -0.05) is 17.7 Å². The van der Waals surface area contributed by atoms with Gasteiger partial charge in [-0.3, -0.25) is 19.8 Å². The Kier molecular flexibility index (Phi) is 8.80. The molecule has 7 N–H and O–H groups in total. The topological polar surface area (TPSA) is 164 Å². The van der Waals surface area contributed by atoms with Gasteiger partial charge in [0.05, 0.1) is 22.9 Å². The van der Waals surface area contributed by atoms with Crippen molar-refractivity contribution < 1.29 is 14.4 Å². The summed E-state index contributed by atoms with van der Waals surface area (Å²) in [6, 6.07) is 4.84. The highest BCUT2D eigenvalue weighted by atomic mass is 35.5. The van der Waals surface area contributed by atoms with Crippen LogP contribution in [0.5, 0.6) is 0 Å². The Bertz CT molecular complexity index is 1350. The van der Waals surface area contributed by atoms with Gasteiger partial charge >= 0.3 is 0 Å². The van der Waals surface area contributed by atoms with Crippen LogP contribution in [0, 0.1) is 5.41 Å². The number of rotatable bonds is 11. The van der Waals surface area contributed by atoms with Crippen molar-refractivity contribution >= 4 is 52.2 Å². The van der Waals surface area contributed by atoms with Crippen molar-refractivity contribution in [3.05, 3.63) is 65.5 Å². The molecule has 12 nitrogen and oxygen atoms in total. The molecule has 0 radical (unpaired) electrons. The first-order valence-electron chi connectivity index (χ1n) is 11.3. The van der Waals surface area contributed by atoms with E-state index in [0.717, 1.165) is 5.69 Å².